The maximum Gasteiger partial charge on any atom is 0.123 e. The van der Waals surface area contributed by atoms with Crippen molar-refractivity contribution in [3.05, 3.63) is 28.2 Å². The Labute approximate surface area is 130 Å². The minimum atomic E-state index is 0.290. The van der Waals surface area contributed by atoms with Crippen LogP contribution in [0.4, 0.5) is 0 Å². The summed E-state index contributed by atoms with van der Waals surface area (Å²) in [5.74, 6) is 0.962. The van der Waals surface area contributed by atoms with Crippen LogP contribution < -0.4 is 10.1 Å². The summed E-state index contributed by atoms with van der Waals surface area (Å²) in [7, 11) is 0. The Hall–Kier alpha value is -0.580. The summed E-state index contributed by atoms with van der Waals surface area (Å²) in [6, 6.07) is 6.60. The molecular formula is C16H26BrNO2. The van der Waals surface area contributed by atoms with Crippen LogP contribution in [-0.2, 0) is 6.54 Å². The van der Waals surface area contributed by atoms with E-state index in [1.54, 1.807) is 0 Å². The molecule has 0 radical (unpaired) electrons. The first-order valence-corrected chi connectivity index (χ1v) is 8.18. The van der Waals surface area contributed by atoms with E-state index in [0.717, 1.165) is 49.1 Å². The first-order valence-electron chi connectivity index (χ1n) is 7.39. The second-order valence-corrected chi connectivity index (χ2v) is 6.19. The van der Waals surface area contributed by atoms with Gasteiger partial charge in [0.25, 0.3) is 0 Å². The number of halogens is 1. The van der Waals surface area contributed by atoms with Gasteiger partial charge in [0, 0.05) is 29.2 Å². The van der Waals surface area contributed by atoms with Gasteiger partial charge in [-0.25, -0.2) is 0 Å². The predicted octanol–water partition coefficient (Wildman–Crippen LogP) is 3.88. The SMILES string of the molecule is CC(C)NCc1cc(Br)ccc1OCCCCCCO. The maximum atomic E-state index is 8.72. The number of hydrogen-bond donors (Lipinski definition) is 2. The lowest BCUT2D eigenvalue weighted by Gasteiger charge is -2.14. The molecule has 0 bridgehead atoms. The van der Waals surface area contributed by atoms with E-state index in [2.05, 4.69) is 41.2 Å². The fourth-order valence-corrected chi connectivity index (χ4v) is 2.30. The molecule has 4 heteroatoms. The molecular weight excluding hydrogens is 318 g/mol. The van der Waals surface area contributed by atoms with Crippen molar-refractivity contribution >= 4 is 15.9 Å². The Morgan fingerprint density at radius 2 is 1.95 bits per heavy atom. The average molecular weight is 344 g/mol. The Morgan fingerprint density at radius 1 is 1.20 bits per heavy atom. The van der Waals surface area contributed by atoms with Gasteiger partial charge in [-0.15, -0.1) is 0 Å². The van der Waals surface area contributed by atoms with Crippen molar-refractivity contribution in [1.29, 1.82) is 0 Å². The standard InChI is InChI=1S/C16H26BrNO2/c1-13(2)18-12-14-11-15(17)7-8-16(14)20-10-6-4-3-5-9-19/h7-8,11,13,18-19H,3-6,9-10,12H2,1-2H3. The molecule has 0 aliphatic heterocycles. The maximum absolute atomic E-state index is 8.72. The zero-order valence-electron chi connectivity index (χ0n) is 12.5. The zero-order chi connectivity index (χ0) is 14.8. The second-order valence-electron chi connectivity index (χ2n) is 5.27. The first-order chi connectivity index (χ1) is 9.63. The van der Waals surface area contributed by atoms with Crippen LogP contribution in [-0.4, -0.2) is 24.4 Å². The van der Waals surface area contributed by atoms with Crippen LogP contribution >= 0.6 is 15.9 Å². The van der Waals surface area contributed by atoms with E-state index in [-0.39, 0.29) is 0 Å². The summed E-state index contributed by atoms with van der Waals surface area (Å²) in [6.07, 6.45) is 4.10. The molecule has 0 saturated heterocycles. The molecule has 0 heterocycles. The van der Waals surface area contributed by atoms with Crippen LogP contribution in [0.2, 0.25) is 0 Å². The van der Waals surface area contributed by atoms with Crippen molar-refractivity contribution in [3.63, 3.8) is 0 Å². The number of rotatable bonds is 10. The van der Waals surface area contributed by atoms with Crippen LogP contribution in [0, 0.1) is 0 Å². The lowest BCUT2D eigenvalue weighted by Crippen LogP contribution is -2.22. The van der Waals surface area contributed by atoms with Crippen LogP contribution in [0.15, 0.2) is 22.7 Å². The molecule has 0 unspecified atom stereocenters. The predicted molar refractivity (Wildman–Crippen MR) is 87.2 cm³/mol. The molecule has 0 atom stereocenters. The van der Waals surface area contributed by atoms with E-state index in [4.69, 9.17) is 9.84 Å². The molecule has 0 spiro atoms. The van der Waals surface area contributed by atoms with Crippen molar-refractivity contribution in [2.45, 2.75) is 52.1 Å². The van der Waals surface area contributed by atoms with E-state index in [1.807, 2.05) is 12.1 Å². The van der Waals surface area contributed by atoms with E-state index in [9.17, 15) is 0 Å². The highest BCUT2D eigenvalue weighted by molar-refractivity contribution is 9.10. The fraction of sp³-hybridized carbons (Fsp3) is 0.625. The molecule has 3 nitrogen and oxygen atoms in total. The molecule has 1 aromatic rings. The van der Waals surface area contributed by atoms with Crippen molar-refractivity contribution in [1.82, 2.24) is 5.32 Å². The third-order valence-corrected chi connectivity index (χ3v) is 3.53. The van der Waals surface area contributed by atoms with Gasteiger partial charge in [-0.3, -0.25) is 0 Å². The van der Waals surface area contributed by atoms with Gasteiger partial charge in [0.1, 0.15) is 5.75 Å². The lowest BCUT2D eigenvalue weighted by molar-refractivity contribution is 0.272. The number of aliphatic hydroxyl groups is 1. The van der Waals surface area contributed by atoms with Crippen molar-refractivity contribution < 1.29 is 9.84 Å². The number of benzene rings is 1. The van der Waals surface area contributed by atoms with E-state index in [1.165, 1.54) is 5.56 Å². The topological polar surface area (TPSA) is 41.5 Å². The average Bonchev–Trinajstić information content (AvgIpc) is 2.42. The molecule has 0 aliphatic carbocycles. The van der Waals surface area contributed by atoms with Gasteiger partial charge < -0.3 is 15.2 Å². The summed E-state index contributed by atoms with van der Waals surface area (Å²) in [5.41, 5.74) is 1.18. The molecule has 1 aromatic carbocycles. The number of ether oxygens (including phenoxy) is 1. The molecule has 114 valence electrons. The summed E-state index contributed by atoms with van der Waals surface area (Å²) in [4.78, 5) is 0. The number of hydrogen-bond acceptors (Lipinski definition) is 3. The van der Waals surface area contributed by atoms with Gasteiger partial charge >= 0.3 is 0 Å². The molecule has 0 aliphatic rings. The molecule has 2 N–H and O–H groups in total. The second kappa shape index (κ2) is 10.2. The van der Waals surface area contributed by atoms with Crippen LogP contribution in [0.1, 0.15) is 45.1 Å². The lowest BCUT2D eigenvalue weighted by atomic mass is 10.2. The van der Waals surface area contributed by atoms with E-state index in [0.29, 0.717) is 12.6 Å². The molecule has 0 amide bonds. The monoisotopic (exact) mass is 343 g/mol. The van der Waals surface area contributed by atoms with Crippen LogP contribution in [0.5, 0.6) is 5.75 Å². The smallest absolute Gasteiger partial charge is 0.123 e. The summed E-state index contributed by atoms with van der Waals surface area (Å²) in [5, 5.41) is 12.1. The highest BCUT2D eigenvalue weighted by atomic mass is 79.9. The number of unbranched alkanes of at least 4 members (excludes halogenated alkanes) is 3. The third kappa shape index (κ3) is 7.27. The Balaban J connectivity index is 2.43. The van der Waals surface area contributed by atoms with Crippen LogP contribution in [0.3, 0.4) is 0 Å². The van der Waals surface area contributed by atoms with Crippen molar-refractivity contribution in [3.8, 4) is 5.75 Å². The zero-order valence-corrected chi connectivity index (χ0v) is 14.1. The van der Waals surface area contributed by atoms with Gasteiger partial charge in [-0.1, -0.05) is 36.2 Å². The van der Waals surface area contributed by atoms with Gasteiger partial charge in [-0.2, -0.15) is 0 Å². The summed E-state index contributed by atoms with van der Waals surface area (Å²) in [6.45, 7) is 6.12. The third-order valence-electron chi connectivity index (χ3n) is 3.03. The summed E-state index contributed by atoms with van der Waals surface area (Å²) < 4.78 is 6.96. The minimum absolute atomic E-state index is 0.290. The van der Waals surface area contributed by atoms with Crippen LogP contribution in [0.25, 0.3) is 0 Å². The van der Waals surface area contributed by atoms with Crippen molar-refractivity contribution in [2.75, 3.05) is 13.2 Å². The largest absolute Gasteiger partial charge is 0.493 e. The molecule has 20 heavy (non-hydrogen) atoms. The Bertz CT molecular complexity index is 383. The van der Waals surface area contributed by atoms with Gasteiger partial charge in [0.15, 0.2) is 0 Å². The first kappa shape index (κ1) is 17.5. The van der Waals surface area contributed by atoms with Gasteiger partial charge in [-0.05, 0) is 37.5 Å². The Morgan fingerprint density at radius 3 is 2.65 bits per heavy atom. The summed E-state index contributed by atoms with van der Waals surface area (Å²) >= 11 is 3.51. The van der Waals surface area contributed by atoms with E-state index < -0.39 is 0 Å². The van der Waals surface area contributed by atoms with Gasteiger partial charge in [0.2, 0.25) is 0 Å². The molecule has 1 rings (SSSR count). The molecule has 0 fully saturated rings. The van der Waals surface area contributed by atoms with E-state index >= 15 is 0 Å². The van der Waals surface area contributed by atoms with Crippen molar-refractivity contribution in [2.24, 2.45) is 0 Å². The number of nitrogens with one attached hydrogen (secondary N) is 1. The molecule has 0 aromatic heterocycles. The minimum Gasteiger partial charge on any atom is -0.493 e. The quantitative estimate of drug-likeness (QED) is 0.633. The van der Waals surface area contributed by atoms with Gasteiger partial charge in [0.05, 0.1) is 6.61 Å². The fourth-order valence-electron chi connectivity index (χ4n) is 1.89. The normalized spacial score (nSPS) is 11.1. The Kier molecular flexibility index (Phi) is 8.90. The molecule has 0 saturated carbocycles. The number of aliphatic hydroxyl groups excluding tert-OH is 1. The highest BCUT2D eigenvalue weighted by Gasteiger charge is 2.05. The highest BCUT2D eigenvalue weighted by Crippen LogP contribution is 2.23.